The van der Waals surface area contributed by atoms with E-state index in [-0.39, 0.29) is 6.10 Å². The van der Waals surface area contributed by atoms with Crippen molar-refractivity contribution in [3.05, 3.63) is 28.8 Å². The molecule has 0 aromatic heterocycles. The van der Waals surface area contributed by atoms with Crippen LogP contribution in [0.4, 0.5) is 0 Å². The van der Waals surface area contributed by atoms with E-state index in [4.69, 9.17) is 4.74 Å². The van der Waals surface area contributed by atoms with Crippen LogP contribution in [0.15, 0.2) is 12.1 Å². The van der Waals surface area contributed by atoms with E-state index in [9.17, 15) is 5.11 Å². The molecule has 90 valence electrons. The first-order valence-electron chi connectivity index (χ1n) is 5.81. The van der Waals surface area contributed by atoms with Gasteiger partial charge < -0.3 is 9.84 Å². The maximum absolute atomic E-state index is 9.42. The van der Waals surface area contributed by atoms with Gasteiger partial charge in [-0.2, -0.15) is 0 Å². The van der Waals surface area contributed by atoms with Crippen molar-refractivity contribution in [3.8, 4) is 5.75 Å². The van der Waals surface area contributed by atoms with E-state index in [0.29, 0.717) is 12.3 Å². The monoisotopic (exact) mass is 222 g/mol. The van der Waals surface area contributed by atoms with Crippen LogP contribution in [0.3, 0.4) is 0 Å². The Morgan fingerprint density at radius 1 is 1.25 bits per heavy atom. The highest BCUT2D eigenvalue weighted by molar-refractivity contribution is 5.45. The zero-order chi connectivity index (χ0) is 12.3. The van der Waals surface area contributed by atoms with E-state index in [2.05, 4.69) is 32.9 Å². The Kier molecular flexibility index (Phi) is 4.36. The molecular formula is C14H22O2. The summed E-state index contributed by atoms with van der Waals surface area (Å²) in [5, 5.41) is 9.42. The zero-order valence-electron chi connectivity index (χ0n) is 10.9. The molecule has 2 nitrogen and oxygen atoms in total. The first-order valence-corrected chi connectivity index (χ1v) is 5.81. The molecular weight excluding hydrogens is 200 g/mol. The van der Waals surface area contributed by atoms with Crippen LogP contribution in [0.2, 0.25) is 0 Å². The highest BCUT2D eigenvalue weighted by Gasteiger charge is 2.12. The Bertz CT molecular complexity index is 354. The Morgan fingerprint density at radius 2 is 1.88 bits per heavy atom. The molecule has 0 aliphatic carbocycles. The van der Waals surface area contributed by atoms with Crippen LogP contribution in [0.25, 0.3) is 0 Å². The molecule has 0 amide bonds. The van der Waals surface area contributed by atoms with Crippen LogP contribution in [-0.2, 0) is 6.42 Å². The van der Waals surface area contributed by atoms with Crippen LogP contribution in [0.5, 0.6) is 5.75 Å². The van der Waals surface area contributed by atoms with Crippen LogP contribution in [0, 0.1) is 6.92 Å². The number of rotatable bonds is 4. The molecule has 1 unspecified atom stereocenters. The number of ether oxygens (including phenoxy) is 1. The molecule has 1 N–H and O–H groups in total. The van der Waals surface area contributed by atoms with Crippen molar-refractivity contribution in [1.29, 1.82) is 0 Å². The lowest BCUT2D eigenvalue weighted by Crippen LogP contribution is -2.06. The summed E-state index contributed by atoms with van der Waals surface area (Å²) in [5.74, 6) is 1.41. The molecule has 1 aromatic carbocycles. The summed E-state index contributed by atoms with van der Waals surface area (Å²) in [6.07, 6.45) is 0.401. The van der Waals surface area contributed by atoms with Gasteiger partial charge in [0.15, 0.2) is 0 Å². The number of methoxy groups -OCH3 is 1. The molecule has 1 atom stereocenters. The van der Waals surface area contributed by atoms with Crippen LogP contribution < -0.4 is 4.74 Å². The quantitative estimate of drug-likeness (QED) is 0.848. The highest BCUT2D eigenvalue weighted by atomic mass is 16.5. The third kappa shape index (κ3) is 2.99. The average molecular weight is 222 g/mol. The molecule has 0 bridgehead atoms. The lowest BCUT2D eigenvalue weighted by molar-refractivity contribution is 0.195. The molecule has 0 aliphatic rings. The lowest BCUT2D eigenvalue weighted by atomic mass is 9.94. The molecule has 16 heavy (non-hydrogen) atoms. The molecule has 1 aromatic rings. The summed E-state index contributed by atoms with van der Waals surface area (Å²) in [4.78, 5) is 0. The maximum atomic E-state index is 9.42. The molecule has 0 heterocycles. The number of hydrogen-bond acceptors (Lipinski definition) is 2. The molecule has 2 heteroatoms. The van der Waals surface area contributed by atoms with Gasteiger partial charge in [-0.1, -0.05) is 26.0 Å². The van der Waals surface area contributed by atoms with Crippen LogP contribution in [0.1, 0.15) is 43.4 Å². The van der Waals surface area contributed by atoms with Gasteiger partial charge in [-0.15, -0.1) is 0 Å². The predicted octanol–water partition coefficient (Wildman–Crippen LogP) is 3.05. The molecule has 0 saturated heterocycles. The normalized spacial score (nSPS) is 12.9. The van der Waals surface area contributed by atoms with Crippen LogP contribution in [-0.4, -0.2) is 18.3 Å². The number of aliphatic hydroxyl groups excluding tert-OH is 1. The van der Waals surface area contributed by atoms with Crippen molar-refractivity contribution in [3.63, 3.8) is 0 Å². The third-order valence-corrected chi connectivity index (χ3v) is 2.72. The van der Waals surface area contributed by atoms with Crippen molar-refractivity contribution < 1.29 is 9.84 Å². The van der Waals surface area contributed by atoms with Gasteiger partial charge >= 0.3 is 0 Å². The van der Waals surface area contributed by atoms with Gasteiger partial charge in [0.25, 0.3) is 0 Å². The largest absolute Gasteiger partial charge is 0.496 e. The van der Waals surface area contributed by atoms with Crippen LogP contribution >= 0.6 is 0 Å². The van der Waals surface area contributed by atoms with E-state index in [1.54, 1.807) is 7.11 Å². The number of aliphatic hydroxyl groups is 1. The summed E-state index contributed by atoms with van der Waals surface area (Å²) in [6, 6.07) is 4.24. The zero-order valence-corrected chi connectivity index (χ0v) is 10.9. The number of hydrogen-bond donors (Lipinski definition) is 1. The summed E-state index contributed by atoms with van der Waals surface area (Å²) in [5.41, 5.74) is 3.54. The summed E-state index contributed by atoms with van der Waals surface area (Å²) < 4.78 is 5.43. The minimum absolute atomic E-state index is 0.298. The predicted molar refractivity (Wildman–Crippen MR) is 67.2 cm³/mol. The molecule has 0 radical (unpaired) electrons. The molecule has 0 spiro atoms. The first kappa shape index (κ1) is 13.0. The summed E-state index contributed by atoms with van der Waals surface area (Å²) in [6.45, 7) is 8.18. The van der Waals surface area contributed by atoms with Crippen molar-refractivity contribution in [2.75, 3.05) is 7.11 Å². The fourth-order valence-corrected chi connectivity index (χ4v) is 2.04. The van der Waals surface area contributed by atoms with E-state index in [1.165, 1.54) is 11.1 Å². The number of benzene rings is 1. The van der Waals surface area contributed by atoms with E-state index >= 15 is 0 Å². The second-order valence-corrected chi connectivity index (χ2v) is 4.74. The van der Waals surface area contributed by atoms with E-state index in [1.807, 2.05) is 6.92 Å². The minimum atomic E-state index is -0.298. The highest BCUT2D eigenvalue weighted by Crippen LogP contribution is 2.31. The Labute approximate surface area is 98.3 Å². The second-order valence-electron chi connectivity index (χ2n) is 4.74. The van der Waals surface area contributed by atoms with E-state index in [0.717, 1.165) is 11.3 Å². The van der Waals surface area contributed by atoms with Crippen molar-refractivity contribution >= 4 is 0 Å². The minimum Gasteiger partial charge on any atom is -0.496 e. The van der Waals surface area contributed by atoms with Gasteiger partial charge in [-0.25, -0.2) is 0 Å². The smallest absolute Gasteiger partial charge is 0.125 e. The SMILES string of the molecule is COc1c(C)cc(CC(C)O)cc1C(C)C. The Hall–Kier alpha value is -1.02. The average Bonchev–Trinajstić information content (AvgIpc) is 2.15. The summed E-state index contributed by atoms with van der Waals surface area (Å²) >= 11 is 0. The van der Waals surface area contributed by atoms with Gasteiger partial charge in [-0.3, -0.25) is 0 Å². The topological polar surface area (TPSA) is 29.5 Å². The van der Waals surface area contributed by atoms with Gasteiger partial charge in [-0.05, 0) is 42.9 Å². The lowest BCUT2D eigenvalue weighted by Gasteiger charge is -2.17. The number of aryl methyl sites for hydroxylation is 1. The maximum Gasteiger partial charge on any atom is 0.125 e. The van der Waals surface area contributed by atoms with E-state index < -0.39 is 0 Å². The van der Waals surface area contributed by atoms with Crippen molar-refractivity contribution in [1.82, 2.24) is 0 Å². The Morgan fingerprint density at radius 3 is 2.31 bits per heavy atom. The van der Waals surface area contributed by atoms with Gasteiger partial charge in [0.2, 0.25) is 0 Å². The molecule has 0 aliphatic heterocycles. The second kappa shape index (κ2) is 5.35. The Balaban J connectivity index is 3.17. The molecule has 0 saturated carbocycles. The van der Waals surface area contributed by atoms with Gasteiger partial charge in [0.05, 0.1) is 13.2 Å². The van der Waals surface area contributed by atoms with Crippen molar-refractivity contribution in [2.45, 2.75) is 46.1 Å². The molecule has 0 fully saturated rings. The third-order valence-electron chi connectivity index (χ3n) is 2.72. The summed E-state index contributed by atoms with van der Waals surface area (Å²) in [7, 11) is 1.71. The standard InChI is InChI=1S/C14H22O2/c1-9(2)13-8-12(7-11(4)15)6-10(3)14(13)16-5/h6,8-9,11,15H,7H2,1-5H3. The fourth-order valence-electron chi connectivity index (χ4n) is 2.04. The van der Waals surface area contributed by atoms with Gasteiger partial charge in [0, 0.05) is 0 Å². The molecule has 1 rings (SSSR count). The van der Waals surface area contributed by atoms with Crippen molar-refractivity contribution in [2.24, 2.45) is 0 Å². The first-order chi connectivity index (χ1) is 7.45. The fraction of sp³-hybridized carbons (Fsp3) is 0.571. The van der Waals surface area contributed by atoms with Gasteiger partial charge in [0.1, 0.15) is 5.75 Å².